The van der Waals surface area contributed by atoms with Gasteiger partial charge in [0.25, 0.3) is 0 Å². The average molecular weight is 352 g/mol. The van der Waals surface area contributed by atoms with Gasteiger partial charge in [0.2, 0.25) is 5.91 Å². The Morgan fingerprint density at radius 3 is 2.48 bits per heavy atom. The van der Waals surface area contributed by atoms with E-state index in [0.717, 1.165) is 16.8 Å². The minimum atomic E-state index is -3.34. The third kappa shape index (κ3) is 4.39. The zero-order chi connectivity index (χ0) is 17.2. The summed E-state index contributed by atoms with van der Waals surface area (Å²) in [5.41, 5.74) is 5.32. The largest absolute Gasteiger partial charge is 0.301 e. The molecule has 0 saturated heterocycles. The van der Waals surface area contributed by atoms with E-state index in [-0.39, 0.29) is 5.75 Å². The Bertz CT molecular complexity index is 839. The summed E-state index contributed by atoms with van der Waals surface area (Å²) in [5, 5.41) is 4.83. The number of nitrogens with zero attached hydrogens (tertiary/aromatic N) is 1. The number of carbonyl (C=O) groups excluding carboxylic acids is 1. The van der Waals surface area contributed by atoms with Crippen molar-refractivity contribution >= 4 is 32.2 Å². The molecular formula is C16H20N2O3S2. The highest BCUT2D eigenvalue weighted by Crippen LogP contribution is 2.29. The number of aryl methyl sites for hydroxylation is 3. The first-order valence-electron chi connectivity index (χ1n) is 7.26. The minimum absolute atomic E-state index is 0.0502. The zero-order valence-electron chi connectivity index (χ0n) is 13.6. The van der Waals surface area contributed by atoms with Gasteiger partial charge in [-0.3, -0.25) is 4.79 Å². The molecule has 1 amide bonds. The normalized spacial score (nSPS) is 11.5. The second-order valence-electron chi connectivity index (χ2n) is 5.51. The zero-order valence-corrected chi connectivity index (χ0v) is 15.3. The number of hydrogen-bond acceptors (Lipinski definition) is 5. The molecule has 1 heterocycles. The fourth-order valence-corrected chi connectivity index (χ4v) is 3.55. The summed E-state index contributed by atoms with van der Waals surface area (Å²) in [6.45, 7) is 7.65. The maximum Gasteiger partial charge on any atom is 0.241 e. The number of carbonyl (C=O) groups is 1. The molecule has 0 aliphatic rings. The van der Waals surface area contributed by atoms with Gasteiger partial charge >= 0.3 is 0 Å². The van der Waals surface area contributed by atoms with Gasteiger partial charge in [-0.05, 0) is 43.5 Å². The van der Waals surface area contributed by atoms with Crippen LogP contribution in [-0.4, -0.2) is 30.8 Å². The van der Waals surface area contributed by atoms with Crippen LogP contribution in [0, 0.1) is 20.8 Å². The highest BCUT2D eigenvalue weighted by Gasteiger charge is 2.16. The summed E-state index contributed by atoms with van der Waals surface area (Å²) in [4.78, 5) is 16.2. The van der Waals surface area contributed by atoms with Crippen LogP contribution in [0.25, 0.3) is 11.3 Å². The van der Waals surface area contributed by atoms with E-state index in [9.17, 15) is 13.2 Å². The molecule has 0 atom stereocenters. The number of rotatable bonds is 5. The van der Waals surface area contributed by atoms with Crippen molar-refractivity contribution < 1.29 is 13.2 Å². The first-order chi connectivity index (χ1) is 10.7. The monoisotopic (exact) mass is 352 g/mol. The van der Waals surface area contributed by atoms with Gasteiger partial charge in [-0.2, -0.15) is 0 Å². The first kappa shape index (κ1) is 17.6. The van der Waals surface area contributed by atoms with Gasteiger partial charge in [-0.25, -0.2) is 13.4 Å². The number of hydrogen-bond donors (Lipinski definition) is 1. The number of anilines is 1. The van der Waals surface area contributed by atoms with Gasteiger partial charge in [0.1, 0.15) is 5.75 Å². The maximum atomic E-state index is 11.8. The Kier molecular flexibility index (Phi) is 5.21. The standard InChI is InChI=1S/C16H20N2O3S2/c1-5-23(20,21)9-15(19)18-16-17-14(8-22-16)13-7-11(3)10(2)6-12(13)4/h6-8H,5,9H2,1-4H3,(H,17,18,19). The Morgan fingerprint density at radius 1 is 1.17 bits per heavy atom. The lowest BCUT2D eigenvalue weighted by Gasteiger charge is -2.07. The van der Waals surface area contributed by atoms with Gasteiger partial charge in [0, 0.05) is 16.7 Å². The van der Waals surface area contributed by atoms with Gasteiger partial charge in [0.05, 0.1) is 5.69 Å². The highest BCUT2D eigenvalue weighted by molar-refractivity contribution is 7.92. The molecule has 0 saturated carbocycles. The summed E-state index contributed by atoms with van der Waals surface area (Å²) in [5.74, 6) is -1.11. The molecule has 0 spiro atoms. The molecule has 2 aromatic rings. The van der Waals surface area contributed by atoms with Crippen LogP contribution in [0.15, 0.2) is 17.5 Å². The molecule has 0 radical (unpaired) electrons. The number of nitrogens with one attached hydrogen (secondary N) is 1. The molecule has 124 valence electrons. The van der Waals surface area contributed by atoms with E-state index in [1.807, 2.05) is 19.2 Å². The van der Waals surface area contributed by atoms with Crippen molar-refractivity contribution in [1.29, 1.82) is 0 Å². The van der Waals surface area contributed by atoms with E-state index < -0.39 is 21.5 Å². The predicted octanol–water partition coefficient (Wildman–Crippen LogP) is 3.11. The Hall–Kier alpha value is -1.73. The van der Waals surface area contributed by atoms with Crippen molar-refractivity contribution in [3.63, 3.8) is 0 Å². The summed E-state index contributed by atoms with van der Waals surface area (Å²) in [6.07, 6.45) is 0. The quantitative estimate of drug-likeness (QED) is 0.897. The molecule has 1 N–H and O–H groups in total. The van der Waals surface area contributed by atoms with E-state index >= 15 is 0 Å². The molecule has 5 nitrogen and oxygen atoms in total. The number of benzene rings is 1. The molecule has 0 unspecified atom stereocenters. The lowest BCUT2D eigenvalue weighted by Crippen LogP contribution is -2.23. The fraction of sp³-hybridized carbons (Fsp3) is 0.375. The summed E-state index contributed by atoms with van der Waals surface area (Å²) in [6, 6.07) is 4.18. The van der Waals surface area contributed by atoms with Crippen molar-refractivity contribution in [2.45, 2.75) is 27.7 Å². The second-order valence-corrected chi connectivity index (χ2v) is 8.73. The van der Waals surface area contributed by atoms with Crippen molar-refractivity contribution in [3.8, 4) is 11.3 Å². The number of thiazole rings is 1. The van der Waals surface area contributed by atoms with Crippen LogP contribution in [-0.2, 0) is 14.6 Å². The molecule has 0 bridgehead atoms. The van der Waals surface area contributed by atoms with Crippen LogP contribution >= 0.6 is 11.3 Å². The van der Waals surface area contributed by atoms with Crippen LogP contribution in [0.2, 0.25) is 0 Å². The molecule has 0 aliphatic carbocycles. The van der Waals surface area contributed by atoms with Gasteiger partial charge < -0.3 is 5.32 Å². The van der Waals surface area contributed by atoms with E-state index in [1.165, 1.54) is 29.4 Å². The van der Waals surface area contributed by atoms with Crippen molar-refractivity contribution in [1.82, 2.24) is 4.98 Å². The predicted molar refractivity (Wildman–Crippen MR) is 94.7 cm³/mol. The van der Waals surface area contributed by atoms with Crippen LogP contribution in [0.4, 0.5) is 5.13 Å². The molecule has 1 aromatic carbocycles. The molecule has 23 heavy (non-hydrogen) atoms. The fourth-order valence-electron chi connectivity index (χ4n) is 2.15. The van der Waals surface area contributed by atoms with E-state index in [2.05, 4.69) is 29.4 Å². The van der Waals surface area contributed by atoms with Crippen LogP contribution in [0.3, 0.4) is 0 Å². The SMILES string of the molecule is CCS(=O)(=O)CC(=O)Nc1nc(-c2cc(C)c(C)cc2C)cs1. The summed E-state index contributed by atoms with van der Waals surface area (Å²) < 4.78 is 22.9. The Labute approximate surface area is 140 Å². The van der Waals surface area contributed by atoms with Crippen LogP contribution in [0.5, 0.6) is 0 Å². The second kappa shape index (κ2) is 6.80. The van der Waals surface area contributed by atoms with Gasteiger partial charge in [-0.1, -0.05) is 13.0 Å². The van der Waals surface area contributed by atoms with E-state index in [1.54, 1.807) is 0 Å². The number of aromatic nitrogens is 1. The van der Waals surface area contributed by atoms with Crippen molar-refractivity contribution in [3.05, 3.63) is 34.2 Å². The molecule has 7 heteroatoms. The lowest BCUT2D eigenvalue weighted by molar-refractivity contribution is -0.113. The lowest BCUT2D eigenvalue weighted by atomic mass is 9.99. The molecule has 0 aliphatic heterocycles. The van der Waals surface area contributed by atoms with Crippen molar-refractivity contribution in [2.24, 2.45) is 0 Å². The summed E-state index contributed by atoms with van der Waals surface area (Å²) in [7, 11) is -3.34. The van der Waals surface area contributed by atoms with Crippen LogP contribution < -0.4 is 5.32 Å². The molecule has 1 aromatic heterocycles. The smallest absolute Gasteiger partial charge is 0.241 e. The molecule has 2 rings (SSSR count). The number of sulfone groups is 1. The topological polar surface area (TPSA) is 76.1 Å². The van der Waals surface area contributed by atoms with Gasteiger partial charge in [0.15, 0.2) is 15.0 Å². The third-order valence-corrected chi connectivity index (χ3v) is 6.00. The van der Waals surface area contributed by atoms with Gasteiger partial charge in [-0.15, -0.1) is 11.3 Å². The average Bonchev–Trinajstić information content (AvgIpc) is 2.90. The molecular weight excluding hydrogens is 332 g/mol. The Morgan fingerprint density at radius 2 is 1.83 bits per heavy atom. The number of amides is 1. The Balaban J connectivity index is 2.19. The molecule has 0 fully saturated rings. The minimum Gasteiger partial charge on any atom is -0.301 e. The highest BCUT2D eigenvalue weighted by atomic mass is 32.2. The van der Waals surface area contributed by atoms with E-state index in [0.29, 0.717) is 5.13 Å². The van der Waals surface area contributed by atoms with E-state index in [4.69, 9.17) is 0 Å². The summed E-state index contributed by atoms with van der Waals surface area (Å²) >= 11 is 1.29. The van der Waals surface area contributed by atoms with Crippen LogP contribution in [0.1, 0.15) is 23.6 Å². The third-order valence-electron chi connectivity index (χ3n) is 3.66. The van der Waals surface area contributed by atoms with Crippen molar-refractivity contribution in [2.75, 3.05) is 16.8 Å². The first-order valence-corrected chi connectivity index (χ1v) is 9.96. The maximum absolute atomic E-state index is 11.8.